The summed E-state index contributed by atoms with van der Waals surface area (Å²) in [4.78, 5) is 0. The Labute approximate surface area is 252 Å². The van der Waals surface area contributed by atoms with Crippen molar-refractivity contribution in [1.29, 1.82) is 0 Å². The molecule has 2 aliphatic carbocycles. The second kappa shape index (κ2) is 18.4. The molecule has 0 N–H and O–H groups in total. The van der Waals surface area contributed by atoms with Crippen LogP contribution >= 0.6 is 0 Å². The SMILES string of the molecule is CCCCCCc1ccc(C2CC=C(CCOCCC3=CCC(c4ccc(CCCCCC)cc4)CC3)CC2)cc1. The molecule has 2 aromatic rings. The van der Waals surface area contributed by atoms with Crippen molar-refractivity contribution in [3.8, 4) is 0 Å². The molecule has 0 spiro atoms. The van der Waals surface area contributed by atoms with Crippen LogP contribution in [0.2, 0.25) is 0 Å². The van der Waals surface area contributed by atoms with Crippen molar-refractivity contribution in [2.24, 2.45) is 0 Å². The highest BCUT2D eigenvalue weighted by atomic mass is 16.5. The Morgan fingerprint density at radius 2 is 0.976 bits per heavy atom. The summed E-state index contributed by atoms with van der Waals surface area (Å²) in [5.41, 5.74) is 9.31. The van der Waals surface area contributed by atoms with Gasteiger partial charge in [0.05, 0.1) is 13.2 Å². The summed E-state index contributed by atoms with van der Waals surface area (Å²) in [5, 5.41) is 0. The van der Waals surface area contributed by atoms with E-state index in [9.17, 15) is 0 Å². The van der Waals surface area contributed by atoms with Gasteiger partial charge in [-0.25, -0.2) is 0 Å². The zero-order chi connectivity index (χ0) is 28.5. The fourth-order valence-electron chi connectivity index (χ4n) is 6.77. The van der Waals surface area contributed by atoms with E-state index in [1.54, 1.807) is 11.1 Å². The van der Waals surface area contributed by atoms with Crippen LogP contribution in [0.25, 0.3) is 0 Å². The number of ether oxygens (including phenoxy) is 1. The summed E-state index contributed by atoms with van der Waals surface area (Å²) < 4.78 is 6.10. The Morgan fingerprint density at radius 3 is 1.34 bits per heavy atom. The third-order valence-electron chi connectivity index (χ3n) is 9.69. The highest BCUT2D eigenvalue weighted by molar-refractivity contribution is 5.29. The second-order valence-electron chi connectivity index (χ2n) is 12.9. The fraction of sp³-hybridized carbons (Fsp3) is 0.600. The van der Waals surface area contributed by atoms with E-state index in [4.69, 9.17) is 4.74 Å². The molecule has 2 unspecified atom stereocenters. The van der Waals surface area contributed by atoms with Crippen molar-refractivity contribution in [2.45, 2.75) is 141 Å². The van der Waals surface area contributed by atoms with Crippen molar-refractivity contribution < 1.29 is 4.74 Å². The zero-order valence-corrected chi connectivity index (χ0v) is 26.5. The van der Waals surface area contributed by atoms with Gasteiger partial charge in [-0.3, -0.25) is 0 Å². The van der Waals surface area contributed by atoms with E-state index in [2.05, 4.69) is 74.5 Å². The van der Waals surface area contributed by atoms with Gasteiger partial charge in [0, 0.05) is 0 Å². The molecule has 0 amide bonds. The smallest absolute Gasteiger partial charge is 0.0503 e. The maximum atomic E-state index is 6.10. The van der Waals surface area contributed by atoms with Crippen LogP contribution in [0.1, 0.15) is 151 Å². The van der Waals surface area contributed by atoms with Crippen molar-refractivity contribution >= 4 is 0 Å². The molecule has 41 heavy (non-hydrogen) atoms. The standard InChI is InChI=1S/C40H58O/c1-3-5-7-9-11-33-13-21-37(22-14-33)39-25-17-35(18-26-39)29-31-41-32-30-36-19-27-40(28-20-36)38-23-15-34(16-24-38)12-10-8-6-4-2/h13-17,19,21-24,39-40H,3-12,18,20,25-32H2,1-2H3. The molecule has 0 aliphatic heterocycles. The number of allylic oxidation sites excluding steroid dienone is 2. The van der Waals surface area contributed by atoms with Gasteiger partial charge in [0.15, 0.2) is 0 Å². The summed E-state index contributed by atoms with van der Waals surface area (Å²) in [6.07, 6.45) is 27.9. The van der Waals surface area contributed by atoms with E-state index in [-0.39, 0.29) is 0 Å². The van der Waals surface area contributed by atoms with Crippen LogP contribution in [0, 0.1) is 0 Å². The Kier molecular flexibility index (Phi) is 14.3. The van der Waals surface area contributed by atoms with Crippen LogP contribution in [-0.4, -0.2) is 13.2 Å². The number of unbranched alkanes of at least 4 members (excludes halogenated alkanes) is 6. The predicted octanol–water partition coefficient (Wildman–Crippen LogP) is 11.8. The molecule has 0 saturated carbocycles. The van der Waals surface area contributed by atoms with Gasteiger partial charge < -0.3 is 4.74 Å². The van der Waals surface area contributed by atoms with Gasteiger partial charge in [0.1, 0.15) is 0 Å². The van der Waals surface area contributed by atoms with Gasteiger partial charge in [-0.2, -0.15) is 0 Å². The molecule has 2 atom stereocenters. The monoisotopic (exact) mass is 554 g/mol. The average molecular weight is 555 g/mol. The molecule has 4 rings (SSSR count). The van der Waals surface area contributed by atoms with Gasteiger partial charge in [-0.15, -0.1) is 0 Å². The molecule has 0 heterocycles. The molecule has 0 bridgehead atoms. The molecule has 0 radical (unpaired) electrons. The topological polar surface area (TPSA) is 9.23 Å². The van der Waals surface area contributed by atoms with E-state index in [1.807, 2.05) is 0 Å². The lowest BCUT2D eigenvalue weighted by Crippen LogP contribution is -2.08. The average Bonchev–Trinajstić information content (AvgIpc) is 3.03. The van der Waals surface area contributed by atoms with Crippen LogP contribution in [0.3, 0.4) is 0 Å². The molecule has 0 fully saturated rings. The number of benzene rings is 2. The molecule has 1 nitrogen and oxygen atoms in total. The van der Waals surface area contributed by atoms with Crippen molar-refractivity contribution in [1.82, 2.24) is 0 Å². The Balaban J connectivity index is 1.07. The van der Waals surface area contributed by atoms with Crippen molar-refractivity contribution in [3.63, 3.8) is 0 Å². The number of aryl methyl sites for hydroxylation is 2. The van der Waals surface area contributed by atoms with E-state index in [0.717, 1.165) is 26.1 Å². The molecular formula is C40H58O. The van der Waals surface area contributed by atoms with Crippen LogP contribution in [-0.2, 0) is 17.6 Å². The first-order chi connectivity index (χ1) is 20.2. The van der Waals surface area contributed by atoms with E-state index in [1.165, 1.54) is 125 Å². The maximum absolute atomic E-state index is 6.10. The van der Waals surface area contributed by atoms with Crippen LogP contribution in [0.15, 0.2) is 71.8 Å². The van der Waals surface area contributed by atoms with Gasteiger partial charge in [0.2, 0.25) is 0 Å². The minimum absolute atomic E-state index is 0.698. The lowest BCUT2D eigenvalue weighted by atomic mass is 9.83. The zero-order valence-electron chi connectivity index (χ0n) is 26.5. The summed E-state index contributed by atoms with van der Waals surface area (Å²) in [7, 11) is 0. The Bertz CT molecular complexity index is 956. The third-order valence-corrected chi connectivity index (χ3v) is 9.69. The predicted molar refractivity (Wildman–Crippen MR) is 178 cm³/mol. The molecule has 1 heteroatoms. The molecule has 2 aliphatic rings. The Hall–Kier alpha value is -2.12. The van der Waals surface area contributed by atoms with Gasteiger partial charge in [0.25, 0.3) is 0 Å². The highest BCUT2D eigenvalue weighted by Gasteiger charge is 2.18. The number of hydrogen-bond donors (Lipinski definition) is 0. The lowest BCUT2D eigenvalue weighted by molar-refractivity contribution is 0.138. The first-order valence-corrected chi connectivity index (χ1v) is 17.4. The van der Waals surface area contributed by atoms with Crippen molar-refractivity contribution in [3.05, 3.63) is 94.1 Å². The van der Waals surface area contributed by atoms with Gasteiger partial charge in [-0.05, 0) is 111 Å². The van der Waals surface area contributed by atoms with E-state index >= 15 is 0 Å². The molecular weight excluding hydrogens is 496 g/mol. The first-order valence-electron chi connectivity index (χ1n) is 17.4. The largest absolute Gasteiger partial charge is 0.381 e. The van der Waals surface area contributed by atoms with E-state index in [0.29, 0.717) is 11.8 Å². The molecule has 224 valence electrons. The van der Waals surface area contributed by atoms with Crippen LogP contribution in [0.5, 0.6) is 0 Å². The lowest BCUT2D eigenvalue weighted by Gasteiger charge is -2.23. The summed E-state index contributed by atoms with van der Waals surface area (Å²) >= 11 is 0. The second-order valence-corrected chi connectivity index (χ2v) is 12.9. The van der Waals surface area contributed by atoms with E-state index < -0.39 is 0 Å². The normalized spacial score (nSPS) is 19.2. The highest BCUT2D eigenvalue weighted by Crippen LogP contribution is 2.35. The number of hydrogen-bond acceptors (Lipinski definition) is 1. The maximum Gasteiger partial charge on any atom is 0.0503 e. The Morgan fingerprint density at radius 1 is 0.537 bits per heavy atom. The van der Waals surface area contributed by atoms with Gasteiger partial charge >= 0.3 is 0 Å². The minimum Gasteiger partial charge on any atom is -0.381 e. The fourth-order valence-corrected chi connectivity index (χ4v) is 6.77. The van der Waals surface area contributed by atoms with Gasteiger partial charge in [-0.1, -0.05) is 124 Å². The summed E-state index contributed by atoms with van der Waals surface area (Å²) in [6.45, 7) is 6.33. The van der Waals surface area contributed by atoms with Crippen LogP contribution < -0.4 is 0 Å². The number of rotatable bonds is 18. The minimum atomic E-state index is 0.698. The summed E-state index contributed by atoms with van der Waals surface area (Å²) in [6, 6.07) is 19.1. The van der Waals surface area contributed by atoms with Crippen molar-refractivity contribution in [2.75, 3.05) is 13.2 Å². The molecule has 2 aromatic carbocycles. The summed E-state index contributed by atoms with van der Waals surface area (Å²) in [5.74, 6) is 1.40. The first kappa shape index (κ1) is 31.8. The molecule has 0 saturated heterocycles. The molecule has 0 aromatic heterocycles. The quantitative estimate of drug-likeness (QED) is 0.131. The van der Waals surface area contributed by atoms with Crippen LogP contribution in [0.4, 0.5) is 0 Å². The third kappa shape index (κ3) is 11.2.